The zero-order valence-electron chi connectivity index (χ0n) is 11.8. The minimum atomic E-state index is 0.420. The van der Waals surface area contributed by atoms with Crippen LogP contribution in [0.1, 0.15) is 19.7 Å². The van der Waals surface area contributed by atoms with E-state index < -0.39 is 0 Å². The van der Waals surface area contributed by atoms with Crippen molar-refractivity contribution in [3.05, 3.63) is 29.1 Å². The van der Waals surface area contributed by atoms with Crippen LogP contribution in [0.3, 0.4) is 0 Å². The topological polar surface area (TPSA) is 60.2 Å². The number of halogens is 1. The van der Waals surface area contributed by atoms with E-state index in [2.05, 4.69) is 29.4 Å². The van der Waals surface area contributed by atoms with E-state index in [1.165, 1.54) is 0 Å². The molecule has 0 aliphatic heterocycles. The smallest absolute Gasteiger partial charge is 0.251 e. The summed E-state index contributed by atoms with van der Waals surface area (Å²) in [6.45, 7) is 4.98. The molecule has 5 nitrogen and oxygen atoms in total. The van der Waals surface area contributed by atoms with E-state index in [0.717, 1.165) is 6.54 Å². The molecule has 1 N–H and O–H groups in total. The number of methoxy groups -OCH3 is 1. The first-order valence-electron chi connectivity index (χ1n) is 6.50. The van der Waals surface area contributed by atoms with Gasteiger partial charge < -0.3 is 14.5 Å². The fourth-order valence-corrected chi connectivity index (χ4v) is 1.95. The molecule has 0 atom stereocenters. The molecule has 0 amide bonds. The highest BCUT2D eigenvalue weighted by atomic mass is 35.5. The molecule has 0 radical (unpaired) electrons. The third-order valence-corrected chi connectivity index (χ3v) is 2.99. The first-order valence-corrected chi connectivity index (χ1v) is 6.87. The van der Waals surface area contributed by atoms with Gasteiger partial charge in [0.15, 0.2) is 0 Å². The normalized spacial score (nSPS) is 11.1. The SMILES string of the molecule is COc1ccc(Cl)cc1-c1nnc(CCNC(C)C)o1. The molecule has 108 valence electrons. The largest absolute Gasteiger partial charge is 0.496 e. The van der Waals surface area contributed by atoms with Crippen LogP contribution in [-0.4, -0.2) is 29.9 Å². The molecule has 0 saturated carbocycles. The second kappa shape index (κ2) is 6.72. The van der Waals surface area contributed by atoms with Crippen LogP contribution >= 0.6 is 11.6 Å². The Morgan fingerprint density at radius 2 is 2.15 bits per heavy atom. The number of aromatic nitrogens is 2. The number of nitrogens with one attached hydrogen (secondary N) is 1. The molecule has 1 heterocycles. The van der Waals surface area contributed by atoms with Crippen molar-refractivity contribution >= 4 is 11.6 Å². The van der Waals surface area contributed by atoms with Gasteiger partial charge in [-0.3, -0.25) is 0 Å². The van der Waals surface area contributed by atoms with Crippen molar-refractivity contribution < 1.29 is 9.15 Å². The van der Waals surface area contributed by atoms with Gasteiger partial charge in [-0.15, -0.1) is 10.2 Å². The molecular weight excluding hydrogens is 278 g/mol. The van der Waals surface area contributed by atoms with Crippen LogP contribution in [0.15, 0.2) is 22.6 Å². The third-order valence-electron chi connectivity index (χ3n) is 2.75. The highest BCUT2D eigenvalue weighted by molar-refractivity contribution is 6.30. The zero-order chi connectivity index (χ0) is 14.5. The summed E-state index contributed by atoms with van der Waals surface area (Å²) >= 11 is 5.99. The number of rotatable bonds is 6. The van der Waals surface area contributed by atoms with Gasteiger partial charge in [-0.1, -0.05) is 25.4 Å². The van der Waals surface area contributed by atoms with E-state index in [1.54, 1.807) is 25.3 Å². The lowest BCUT2D eigenvalue weighted by Crippen LogP contribution is -2.25. The molecule has 2 rings (SSSR count). The first-order chi connectivity index (χ1) is 9.60. The molecule has 0 fully saturated rings. The van der Waals surface area contributed by atoms with E-state index in [0.29, 0.717) is 40.6 Å². The quantitative estimate of drug-likeness (QED) is 0.888. The third kappa shape index (κ3) is 3.71. The van der Waals surface area contributed by atoms with Crippen LogP contribution in [0.5, 0.6) is 5.75 Å². The number of hydrogen-bond acceptors (Lipinski definition) is 5. The van der Waals surface area contributed by atoms with Crippen molar-refractivity contribution in [3.8, 4) is 17.2 Å². The molecule has 1 aromatic carbocycles. The molecular formula is C14H18ClN3O2. The Balaban J connectivity index is 2.14. The first kappa shape index (κ1) is 14.8. The molecule has 0 aliphatic rings. The maximum Gasteiger partial charge on any atom is 0.251 e. The Labute approximate surface area is 123 Å². The van der Waals surface area contributed by atoms with Gasteiger partial charge >= 0.3 is 0 Å². The monoisotopic (exact) mass is 295 g/mol. The molecule has 0 unspecified atom stereocenters. The fraction of sp³-hybridized carbons (Fsp3) is 0.429. The van der Waals surface area contributed by atoms with Gasteiger partial charge in [-0.25, -0.2) is 0 Å². The Kier molecular flexibility index (Phi) is 4.98. The lowest BCUT2D eigenvalue weighted by Gasteiger charge is -2.05. The Morgan fingerprint density at radius 1 is 1.35 bits per heavy atom. The average molecular weight is 296 g/mol. The summed E-state index contributed by atoms with van der Waals surface area (Å²) in [5.74, 6) is 1.67. The average Bonchev–Trinajstić information content (AvgIpc) is 2.87. The van der Waals surface area contributed by atoms with Crippen LogP contribution in [0.4, 0.5) is 0 Å². The van der Waals surface area contributed by atoms with Gasteiger partial charge in [0, 0.05) is 24.0 Å². The van der Waals surface area contributed by atoms with Crippen molar-refractivity contribution in [1.82, 2.24) is 15.5 Å². The van der Waals surface area contributed by atoms with Crippen molar-refractivity contribution in [2.45, 2.75) is 26.3 Å². The van der Waals surface area contributed by atoms with Crippen molar-refractivity contribution in [2.24, 2.45) is 0 Å². The second-order valence-electron chi connectivity index (χ2n) is 4.70. The summed E-state index contributed by atoms with van der Waals surface area (Å²) in [6, 6.07) is 5.73. The van der Waals surface area contributed by atoms with Crippen LogP contribution < -0.4 is 10.1 Å². The lowest BCUT2D eigenvalue weighted by molar-refractivity contribution is 0.413. The predicted octanol–water partition coefficient (Wildman–Crippen LogP) is 2.94. The van der Waals surface area contributed by atoms with Crippen molar-refractivity contribution in [3.63, 3.8) is 0 Å². The molecule has 6 heteroatoms. The number of benzene rings is 1. The Morgan fingerprint density at radius 3 is 2.85 bits per heavy atom. The van der Waals surface area contributed by atoms with E-state index in [4.69, 9.17) is 20.8 Å². The van der Waals surface area contributed by atoms with E-state index in [1.807, 2.05) is 0 Å². The van der Waals surface area contributed by atoms with E-state index in [-0.39, 0.29) is 0 Å². The zero-order valence-corrected chi connectivity index (χ0v) is 12.6. The minimum Gasteiger partial charge on any atom is -0.496 e. The maximum absolute atomic E-state index is 5.99. The Bertz CT molecular complexity index is 569. The fourth-order valence-electron chi connectivity index (χ4n) is 1.78. The van der Waals surface area contributed by atoms with Gasteiger partial charge in [0.1, 0.15) is 5.75 Å². The Hall–Kier alpha value is -1.59. The van der Waals surface area contributed by atoms with Crippen molar-refractivity contribution in [1.29, 1.82) is 0 Å². The van der Waals surface area contributed by atoms with Gasteiger partial charge in [-0.05, 0) is 18.2 Å². The van der Waals surface area contributed by atoms with Crippen LogP contribution in [-0.2, 0) is 6.42 Å². The van der Waals surface area contributed by atoms with Gasteiger partial charge in [0.25, 0.3) is 5.89 Å². The molecule has 0 bridgehead atoms. The summed E-state index contributed by atoms with van der Waals surface area (Å²) in [6.07, 6.45) is 0.689. The second-order valence-corrected chi connectivity index (χ2v) is 5.14. The molecule has 0 saturated heterocycles. The summed E-state index contributed by atoms with van der Waals surface area (Å²) < 4.78 is 10.9. The summed E-state index contributed by atoms with van der Waals surface area (Å²) in [4.78, 5) is 0. The van der Waals surface area contributed by atoms with E-state index >= 15 is 0 Å². The highest BCUT2D eigenvalue weighted by Gasteiger charge is 2.14. The highest BCUT2D eigenvalue weighted by Crippen LogP contribution is 2.31. The molecule has 0 spiro atoms. The lowest BCUT2D eigenvalue weighted by atomic mass is 10.2. The summed E-state index contributed by atoms with van der Waals surface area (Å²) in [7, 11) is 1.59. The van der Waals surface area contributed by atoms with Crippen LogP contribution in [0, 0.1) is 0 Å². The predicted molar refractivity (Wildman–Crippen MR) is 78.1 cm³/mol. The minimum absolute atomic E-state index is 0.420. The molecule has 0 aliphatic carbocycles. The molecule has 2 aromatic rings. The van der Waals surface area contributed by atoms with Gasteiger partial charge in [0.05, 0.1) is 12.7 Å². The number of nitrogens with zero attached hydrogens (tertiary/aromatic N) is 2. The maximum atomic E-state index is 5.99. The van der Waals surface area contributed by atoms with E-state index in [9.17, 15) is 0 Å². The molecule has 1 aromatic heterocycles. The van der Waals surface area contributed by atoms with Crippen LogP contribution in [0.2, 0.25) is 5.02 Å². The summed E-state index contributed by atoms with van der Waals surface area (Å²) in [5, 5.41) is 12.0. The van der Waals surface area contributed by atoms with Gasteiger partial charge in [-0.2, -0.15) is 0 Å². The molecule has 20 heavy (non-hydrogen) atoms. The summed E-state index contributed by atoms with van der Waals surface area (Å²) in [5.41, 5.74) is 0.704. The number of hydrogen-bond donors (Lipinski definition) is 1. The van der Waals surface area contributed by atoms with Gasteiger partial charge in [0.2, 0.25) is 5.89 Å². The standard InChI is InChI=1S/C14H18ClN3O2/c1-9(2)16-7-6-13-17-18-14(20-13)11-8-10(15)4-5-12(11)19-3/h4-5,8-9,16H,6-7H2,1-3H3. The van der Waals surface area contributed by atoms with Crippen molar-refractivity contribution in [2.75, 3.05) is 13.7 Å². The number of ether oxygens (including phenoxy) is 1. The van der Waals surface area contributed by atoms with Crippen LogP contribution in [0.25, 0.3) is 11.5 Å².